The number of hydrogen-bond acceptors (Lipinski definition) is 4. The van der Waals surface area contributed by atoms with Gasteiger partial charge in [0.15, 0.2) is 0 Å². The number of carbonyl (C=O) groups excluding carboxylic acids is 1. The predicted molar refractivity (Wildman–Crippen MR) is 93.4 cm³/mol. The summed E-state index contributed by atoms with van der Waals surface area (Å²) >= 11 is 0. The molecule has 0 aliphatic rings. The Morgan fingerprint density at radius 3 is 2.38 bits per heavy atom. The van der Waals surface area contributed by atoms with Crippen LogP contribution in [0, 0.1) is 6.92 Å². The van der Waals surface area contributed by atoms with Crippen LogP contribution in [-0.2, 0) is 10.0 Å². The van der Waals surface area contributed by atoms with Crippen molar-refractivity contribution in [2.45, 2.75) is 38.1 Å². The molecule has 24 heavy (non-hydrogen) atoms. The summed E-state index contributed by atoms with van der Waals surface area (Å²) < 4.78 is 26.9. The molecular weight excluding hydrogens is 326 g/mol. The lowest BCUT2D eigenvalue weighted by molar-refractivity contribution is 0.102. The second-order valence-corrected chi connectivity index (χ2v) is 7.34. The first-order chi connectivity index (χ1) is 11.3. The molecule has 1 atom stereocenters. The lowest BCUT2D eigenvalue weighted by Gasteiger charge is -2.12. The molecule has 1 heterocycles. The van der Waals surface area contributed by atoms with Gasteiger partial charge in [-0.1, -0.05) is 13.0 Å². The summed E-state index contributed by atoms with van der Waals surface area (Å²) in [7, 11) is -3.57. The van der Waals surface area contributed by atoms with E-state index in [0.717, 1.165) is 5.56 Å². The first-order valence-electron chi connectivity index (χ1n) is 7.68. The molecule has 1 aromatic heterocycles. The van der Waals surface area contributed by atoms with Gasteiger partial charge in [-0.15, -0.1) is 0 Å². The van der Waals surface area contributed by atoms with Crippen LogP contribution >= 0.6 is 0 Å². The fourth-order valence-corrected chi connectivity index (χ4v) is 3.26. The van der Waals surface area contributed by atoms with Crippen LogP contribution in [0.1, 0.15) is 36.2 Å². The maximum Gasteiger partial charge on any atom is 0.256 e. The number of anilines is 1. The number of carbonyl (C=O) groups is 1. The molecule has 0 bridgehead atoms. The van der Waals surface area contributed by atoms with Crippen LogP contribution in [0.5, 0.6) is 0 Å². The van der Waals surface area contributed by atoms with E-state index < -0.39 is 10.0 Å². The highest BCUT2D eigenvalue weighted by atomic mass is 32.2. The van der Waals surface area contributed by atoms with Crippen molar-refractivity contribution in [3.8, 4) is 0 Å². The summed E-state index contributed by atoms with van der Waals surface area (Å²) in [5.74, 6) is 0.103. The summed E-state index contributed by atoms with van der Waals surface area (Å²) in [4.78, 5) is 16.4. The monoisotopic (exact) mass is 347 g/mol. The average molecular weight is 347 g/mol. The molecule has 7 heteroatoms. The van der Waals surface area contributed by atoms with Gasteiger partial charge in [0.1, 0.15) is 5.82 Å². The Bertz CT molecular complexity index is 800. The van der Waals surface area contributed by atoms with Crippen molar-refractivity contribution in [1.82, 2.24) is 9.71 Å². The van der Waals surface area contributed by atoms with Gasteiger partial charge in [0.25, 0.3) is 5.91 Å². The number of aromatic nitrogens is 1. The molecule has 2 rings (SSSR count). The van der Waals surface area contributed by atoms with Crippen LogP contribution in [0.2, 0.25) is 0 Å². The zero-order valence-electron chi connectivity index (χ0n) is 13.9. The molecule has 0 fully saturated rings. The van der Waals surface area contributed by atoms with Crippen molar-refractivity contribution in [1.29, 1.82) is 0 Å². The lowest BCUT2D eigenvalue weighted by atomic mass is 10.2. The normalized spacial score (nSPS) is 12.6. The van der Waals surface area contributed by atoms with Gasteiger partial charge in [-0.2, -0.15) is 0 Å². The highest BCUT2D eigenvalue weighted by molar-refractivity contribution is 7.89. The Balaban J connectivity index is 2.11. The van der Waals surface area contributed by atoms with Gasteiger partial charge in [-0.3, -0.25) is 4.79 Å². The topological polar surface area (TPSA) is 88.2 Å². The van der Waals surface area contributed by atoms with Crippen LogP contribution in [0.4, 0.5) is 5.82 Å². The van der Waals surface area contributed by atoms with Crippen molar-refractivity contribution < 1.29 is 13.2 Å². The summed E-state index contributed by atoms with van der Waals surface area (Å²) in [5, 5.41) is 2.67. The fourth-order valence-electron chi connectivity index (χ4n) is 1.93. The van der Waals surface area contributed by atoms with Crippen LogP contribution in [0.3, 0.4) is 0 Å². The number of amides is 1. The first kappa shape index (κ1) is 18.1. The summed E-state index contributed by atoms with van der Waals surface area (Å²) in [6, 6.07) is 9.21. The molecule has 128 valence electrons. The second-order valence-electron chi connectivity index (χ2n) is 5.63. The number of nitrogens with zero attached hydrogens (tertiary/aromatic N) is 1. The van der Waals surface area contributed by atoms with E-state index in [4.69, 9.17) is 0 Å². The van der Waals surface area contributed by atoms with Crippen LogP contribution in [-0.4, -0.2) is 25.4 Å². The first-order valence-corrected chi connectivity index (χ1v) is 9.16. The van der Waals surface area contributed by atoms with Crippen molar-refractivity contribution >= 4 is 21.7 Å². The van der Waals surface area contributed by atoms with Gasteiger partial charge in [0, 0.05) is 17.8 Å². The van der Waals surface area contributed by atoms with Crippen molar-refractivity contribution in [2.24, 2.45) is 0 Å². The Morgan fingerprint density at radius 1 is 1.17 bits per heavy atom. The largest absolute Gasteiger partial charge is 0.307 e. The number of benzene rings is 1. The maximum atomic E-state index is 12.2. The van der Waals surface area contributed by atoms with E-state index in [1.807, 2.05) is 19.9 Å². The Hall–Kier alpha value is -2.25. The predicted octanol–water partition coefficient (Wildman–Crippen LogP) is 2.72. The van der Waals surface area contributed by atoms with Crippen molar-refractivity contribution in [2.75, 3.05) is 5.32 Å². The SMILES string of the molecule is CC[C@@H](C)NS(=O)(=O)c1ccc(C(=O)Nc2ccc(C)cn2)cc1. The van der Waals surface area contributed by atoms with Crippen LogP contribution in [0.15, 0.2) is 47.5 Å². The minimum atomic E-state index is -3.57. The number of hydrogen-bond donors (Lipinski definition) is 2. The standard InChI is InChI=1S/C17H21N3O3S/c1-4-13(3)20-24(22,23)15-8-6-14(7-9-15)17(21)19-16-10-5-12(2)11-18-16/h5-11,13,20H,4H2,1-3H3,(H,18,19,21)/t13-/m1/s1. The van der Waals surface area contributed by atoms with Crippen LogP contribution < -0.4 is 10.0 Å². The average Bonchev–Trinajstić information content (AvgIpc) is 2.56. The summed E-state index contributed by atoms with van der Waals surface area (Å²) in [6.07, 6.45) is 2.36. The Morgan fingerprint density at radius 2 is 1.83 bits per heavy atom. The minimum absolute atomic E-state index is 0.132. The highest BCUT2D eigenvalue weighted by Crippen LogP contribution is 2.13. The molecule has 0 aliphatic heterocycles. The summed E-state index contributed by atoms with van der Waals surface area (Å²) in [5.41, 5.74) is 1.36. The third kappa shape index (κ3) is 4.62. The summed E-state index contributed by atoms with van der Waals surface area (Å²) in [6.45, 7) is 5.61. The third-order valence-corrected chi connectivity index (χ3v) is 5.15. The van der Waals surface area contributed by atoms with E-state index in [9.17, 15) is 13.2 Å². The van der Waals surface area contributed by atoms with E-state index in [-0.39, 0.29) is 16.8 Å². The second kappa shape index (κ2) is 7.55. The molecule has 1 amide bonds. The molecule has 0 unspecified atom stereocenters. The van der Waals surface area contributed by atoms with Gasteiger partial charge in [-0.05, 0) is 56.2 Å². The number of nitrogens with one attached hydrogen (secondary N) is 2. The van der Waals surface area contributed by atoms with E-state index >= 15 is 0 Å². The minimum Gasteiger partial charge on any atom is -0.307 e. The quantitative estimate of drug-likeness (QED) is 0.841. The van der Waals surface area contributed by atoms with E-state index in [2.05, 4.69) is 15.0 Å². The van der Waals surface area contributed by atoms with Gasteiger partial charge in [0.05, 0.1) is 4.90 Å². The molecule has 6 nitrogen and oxygen atoms in total. The third-order valence-electron chi connectivity index (χ3n) is 3.55. The van der Waals surface area contributed by atoms with Gasteiger partial charge >= 0.3 is 0 Å². The fraction of sp³-hybridized carbons (Fsp3) is 0.294. The zero-order valence-corrected chi connectivity index (χ0v) is 14.7. The van der Waals surface area contributed by atoms with Crippen LogP contribution in [0.25, 0.3) is 0 Å². The lowest BCUT2D eigenvalue weighted by Crippen LogP contribution is -2.32. The van der Waals surface area contributed by atoms with Gasteiger partial charge in [0.2, 0.25) is 10.0 Å². The number of aryl methyl sites for hydroxylation is 1. The molecule has 2 N–H and O–H groups in total. The highest BCUT2D eigenvalue weighted by Gasteiger charge is 2.17. The molecule has 2 aromatic rings. The number of sulfonamides is 1. The Kier molecular flexibility index (Phi) is 5.69. The van der Waals surface area contributed by atoms with Gasteiger partial charge < -0.3 is 5.32 Å². The molecule has 1 aromatic carbocycles. The van der Waals surface area contributed by atoms with E-state index in [1.165, 1.54) is 24.3 Å². The number of pyridine rings is 1. The van der Waals surface area contributed by atoms with E-state index in [0.29, 0.717) is 17.8 Å². The maximum absolute atomic E-state index is 12.2. The smallest absolute Gasteiger partial charge is 0.256 e. The van der Waals surface area contributed by atoms with Crippen molar-refractivity contribution in [3.05, 3.63) is 53.7 Å². The van der Waals surface area contributed by atoms with E-state index in [1.54, 1.807) is 19.2 Å². The molecule has 0 aliphatic carbocycles. The number of rotatable bonds is 6. The molecule has 0 radical (unpaired) electrons. The molecular formula is C17H21N3O3S. The zero-order chi connectivity index (χ0) is 17.7. The molecule has 0 saturated carbocycles. The van der Waals surface area contributed by atoms with Gasteiger partial charge in [-0.25, -0.2) is 18.1 Å². The molecule has 0 saturated heterocycles. The molecule has 0 spiro atoms. The Labute approximate surface area is 142 Å². The van der Waals surface area contributed by atoms with Crippen molar-refractivity contribution in [3.63, 3.8) is 0 Å².